The van der Waals surface area contributed by atoms with E-state index in [9.17, 15) is 0 Å². The van der Waals surface area contributed by atoms with Crippen molar-refractivity contribution >= 4 is 17.3 Å². The highest BCUT2D eigenvalue weighted by Crippen LogP contribution is 2.42. The Morgan fingerprint density at radius 2 is 1.86 bits per heavy atom. The first-order chi connectivity index (χ1) is 14.0. The molecule has 7 heteroatoms. The third kappa shape index (κ3) is 3.94. The summed E-state index contributed by atoms with van der Waals surface area (Å²) < 4.78 is 7.11. The average molecular weight is 412 g/mol. The maximum absolute atomic E-state index is 6.37. The van der Waals surface area contributed by atoms with Crippen LogP contribution in [0.4, 0.5) is 5.69 Å². The van der Waals surface area contributed by atoms with Crippen molar-refractivity contribution in [2.45, 2.75) is 45.1 Å². The fourth-order valence-corrected chi connectivity index (χ4v) is 4.16. The third-order valence-corrected chi connectivity index (χ3v) is 6.31. The van der Waals surface area contributed by atoms with Crippen LogP contribution < -0.4 is 10.1 Å². The highest BCUT2D eigenvalue weighted by atomic mass is 35.5. The second-order valence-corrected chi connectivity index (χ2v) is 8.37. The van der Waals surface area contributed by atoms with Gasteiger partial charge in [0.05, 0.1) is 18.3 Å². The molecule has 2 aromatic carbocycles. The van der Waals surface area contributed by atoms with Gasteiger partial charge in [-0.15, -0.1) is 5.10 Å². The van der Waals surface area contributed by atoms with Gasteiger partial charge in [-0.3, -0.25) is 0 Å². The summed E-state index contributed by atoms with van der Waals surface area (Å²) in [7, 11) is 1.67. The number of ether oxygens (including phenoxy) is 1. The molecule has 0 bridgehead atoms. The summed E-state index contributed by atoms with van der Waals surface area (Å²) in [6, 6.07) is 13.9. The van der Waals surface area contributed by atoms with Crippen LogP contribution in [0.2, 0.25) is 5.02 Å². The second kappa shape index (κ2) is 8.03. The number of aromatic nitrogens is 4. The molecule has 6 nitrogen and oxygen atoms in total. The molecule has 1 fully saturated rings. The van der Waals surface area contributed by atoms with Crippen LogP contribution in [0.1, 0.15) is 44.0 Å². The van der Waals surface area contributed by atoms with Crippen molar-refractivity contribution in [1.29, 1.82) is 0 Å². The predicted octanol–water partition coefficient (Wildman–Crippen LogP) is 5.15. The average Bonchev–Trinajstić information content (AvgIpc) is 3.23. The SMILES string of the molecule is COc1ccc(NC2(c3nnnn3-c3ccc(C)c(Cl)c3)CCC(C)CC2)cc1. The van der Waals surface area contributed by atoms with Crippen LogP contribution in [-0.2, 0) is 5.54 Å². The molecule has 1 N–H and O–H groups in total. The molecule has 0 saturated heterocycles. The molecule has 1 aliphatic rings. The van der Waals surface area contributed by atoms with Crippen LogP contribution in [-0.4, -0.2) is 27.3 Å². The lowest BCUT2D eigenvalue weighted by molar-refractivity contribution is 0.255. The maximum Gasteiger partial charge on any atom is 0.181 e. The molecule has 0 amide bonds. The Hall–Kier alpha value is -2.60. The van der Waals surface area contributed by atoms with Crippen LogP contribution in [0.3, 0.4) is 0 Å². The van der Waals surface area contributed by atoms with E-state index < -0.39 is 0 Å². The summed E-state index contributed by atoms with van der Waals surface area (Å²) in [6.45, 7) is 4.29. The van der Waals surface area contributed by atoms with Crippen LogP contribution in [0, 0.1) is 12.8 Å². The molecular weight excluding hydrogens is 386 g/mol. The molecule has 0 unspecified atom stereocenters. The number of rotatable bonds is 5. The van der Waals surface area contributed by atoms with Crippen molar-refractivity contribution in [2.75, 3.05) is 12.4 Å². The van der Waals surface area contributed by atoms with E-state index in [1.54, 1.807) is 7.11 Å². The van der Waals surface area contributed by atoms with Gasteiger partial charge in [-0.1, -0.05) is 24.6 Å². The standard InChI is InChI=1S/C22H26ClN5O/c1-15-10-12-22(13-11-15,24-17-5-8-19(29-3)9-6-17)21-25-26-27-28(21)18-7-4-16(2)20(23)14-18/h4-9,14-15,24H,10-13H2,1-3H3. The van der Waals surface area contributed by atoms with E-state index >= 15 is 0 Å². The molecule has 29 heavy (non-hydrogen) atoms. The van der Waals surface area contributed by atoms with Gasteiger partial charge in [-0.2, -0.15) is 4.68 Å². The molecule has 0 aliphatic heterocycles. The number of hydrogen-bond donors (Lipinski definition) is 1. The summed E-state index contributed by atoms with van der Waals surface area (Å²) in [5.41, 5.74) is 2.58. The number of anilines is 1. The van der Waals surface area contributed by atoms with Gasteiger partial charge in [-0.25, -0.2) is 0 Å². The molecule has 152 valence electrons. The monoisotopic (exact) mass is 411 g/mol. The lowest BCUT2D eigenvalue weighted by Gasteiger charge is -2.39. The predicted molar refractivity (Wildman–Crippen MR) is 115 cm³/mol. The van der Waals surface area contributed by atoms with Crippen LogP contribution in [0.15, 0.2) is 42.5 Å². The first-order valence-corrected chi connectivity index (χ1v) is 10.4. The minimum absolute atomic E-state index is 0.345. The van der Waals surface area contributed by atoms with Crippen LogP contribution in [0.25, 0.3) is 5.69 Å². The minimum atomic E-state index is -0.345. The quantitative estimate of drug-likeness (QED) is 0.628. The van der Waals surface area contributed by atoms with E-state index in [0.29, 0.717) is 10.9 Å². The molecule has 4 rings (SSSR count). The highest BCUT2D eigenvalue weighted by molar-refractivity contribution is 6.31. The fraction of sp³-hybridized carbons (Fsp3) is 0.409. The summed E-state index contributed by atoms with van der Waals surface area (Å²) in [5.74, 6) is 2.35. The first kappa shape index (κ1) is 19.7. The molecule has 1 aromatic heterocycles. The van der Waals surface area contributed by atoms with E-state index in [4.69, 9.17) is 16.3 Å². The highest BCUT2D eigenvalue weighted by Gasteiger charge is 2.41. The van der Waals surface area contributed by atoms with Crippen molar-refractivity contribution in [3.8, 4) is 11.4 Å². The summed E-state index contributed by atoms with van der Waals surface area (Å²) in [6.07, 6.45) is 4.15. The Balaban J connectivity index is 1.74. The summed E-state index contributed by atoms with van der Waals surface area (Å²) >= 11 is 6.37. The molecule has 1 aliphatic carbocycles. The number of nitrogens with zero attached hydrogens (tertiary/aromatic N) is 4. The van der Waals surface area contributed by atoms with Crippen molar-refractivity contribution in [2.24, 2.45) is 5.92 Å². The maximum atomic E-state index is 6.37. The topological polar surface area (TPSA) is 64.9 Å². The Labute approximate surface area is 176 Å². The Kier molecular flexibility index (Phi) is 5.46. The summed E-state index contributed by atoms with van der Waals surface area (Å²) in [5, 5.41) is 17.2. The van der Waals surface area contributed by atoms with Crippen molar-refractivity contribution < 1.29 is 4.74 Å². The van der Waals surface area contributed by atoms with Crippen molar-refractivity contribution in [1.82, 2.24) is 20.2 Å². The lowest BCUT2D eigenvalue weighted by atomic mass is 9.76. The second-order valence-electron chi connectivity index (χ2n) is 7.97. The van der Waals surface area contributed by atoms with E-state index in [2.05, 4.69) is 27.8 Å². The van der Waals surface area contributed by atoms with Crippen molar-refractivity contribution in [3.05, 3.63) is 58.9 Å². The van der Waals surface area contributed by atoms with Crippen molar-refractivity contribution in [3.63, 3.8) is 0 Å². The molecule has 1 saturated carbocycles. The van der Waals surface area contributed by atoms with Gasteiger partial charge < -0.3 is 10.1 Å². The zero-order valence-electron chi connectivity index (χ0n) is 17.0. The Bertz CT molecular complexity index is 977. The smallest absolute Gasteiger partial charge is 0.181 e. The van der Waals surface area contributed by atoms with E-state index in [1.807, 2.05) is 54.1 Å². The van der Waals surface area contributed by atoms with E-state index in [-0.39, 0.29) is 5.54 Å². The van der Waals surface area contributed by atoms with E-state index in [1.165, 1.54) is 0 Å². The first-order valence-electron chi connectivity index (χ1n) is 9.98. The third-order valence-electron chi connectivity index (χ3n) is 5.90. The number of tetrazole rings is 1. The normalized spacial score (nSPS) is 21.7. The number of methoxy groups -OCH3 is 1. The molecular formula is C22H26ClN5O. The Morgan fingerprint density at radius 1 is 1.14 bits per heavy atom. The van der Waals surface area contributed by atoms with Gasteiger partial charge >= 0.3 is 0 Å². The number of hydrogen-bond acceptors (Lipinski definition) is 5. The van der Waals surface area contributed by atoms with Gasteiger partial charge in [0.25, 0.3) is 0 Å². The molecule has 0 atom stereocenters. The van der Waals surface area contributed by atoms with E-state index in [0.717, 1.165) is 54.2 Å². The van der Waals surface area contributed by atoms with Gasteiger partial charge in [-0.05, 0) is 90.9 Å². The summed E-state index contributed by atoms with van der Waals surface area (Å²) in [4.78, 5) is 0. The largest absolute Gasteiger partial charge is 0.497 e. The molecule has 0 radical (unpaired) electrons. The van der Waals surface area contributed by atoms with Gasteiger partial charge in [0.2, 0.25) is 0 Å². The zero-order valence-corrected chi connectivity index (χ0v) is 17.8. The zero-order chi connectivity index (χ0) is 20.4. The van der Waals surface area contributed by atoms with Gasteiger partial charge in [0, 0.05) is 10.7 Å². The Morgan fingerprint density at radius 3 is 2.52 bits per heavy atom. The van der Waals surface area contributed by atoms with Crippen LogP contribution >= 0.6 is 11.6 Å². The van der Waals surface area contributed by atoms with Gasteiger partial charge in [0.15, 0.2) is 5.82 Å². The lowest BCUT2D eigenvalue weighted by Crippen LogP contribution is -2.41. The number of nitrogens with one attached hydrogen (secondary N) is 1. The number of benzene rings is 2. The fourth-order valence-electron chi connectivity index (χ4n) is 3.98. The molecule has 1 heterocycles. The van der Waals surface area contributed by atoms with Crippen LogP contribution in [0.5, 0.6) is 5.75 Å². The van der Waals surface area contributed by atoms with Gasteiger partial charge in [0.1, 0.15) is 5.75 Å². The minimum Gasteiger partial charge on any atom is -0.497 e. The molecule has 3 aromatic rings. The number of aryl methyl sites for hydroxylation is 1. The molecule has 0 spiro atoms. The number of halogens is 1.